The van der Waals surface area contributed by atoms with Crippen LogP contribution in [0.15, 0.2) is 6.33 Å². The van der Waals surface area contributed by atoms with E-state index in [-0.39, 0.29) is 11.9 Å². The minimum atomic E-state index is -1.32. The van der Waals surface area contributed by atoms with Crippen LogP contribution in [0, 0.1) is 0 Å². The number of halogens is 1. The van der Waals surface area contributed by atoms with Crippen LogP contribution in [0.4, 0.5) is 5.82 Å². The van der Waals surface area contributed by atoms with Crippen molar-refractivity contribution >= 4 is 28.6 Å². The van der Waals surface area contributed by atoms with E-state index < -0.39 is 24.2 Å². The molecule has 1 aliphatic rings. The molecule has 2 aromatic heterocycles. The highest BCUT2D eigenvalue weighted by Crippen LogP contribution is 2.35. The Bertz CT molecular complexity index is 763. The molecule has 144 valence electrons. The predicted octanol–water partition coefficient (Wildman–Crippen LogP) is 1.69. The standard InChI is InChI=1S/C16H24ClN5O4/c1-4-5-18-13-12-14(21-15(17)20-13)22(8-19-12)11-6-9(10(7-23)25-11)26-16(2,3)24/h8-11,23-24H,4-7H2,1-3H3,(H,18,20,21)/t9-,10+,11+/m0/s1. The molecular formula is C16H24ClN5O4. The van der Waals surface area contributed by atoms with Gasteiger partial charge < -0.3 is 25.0 Å². The van der Waals surface area contributed by atoms with Gasteiger partial charge in [0.05, 0.1) is 19.0 Å². The van der Waals surface area contributed by atoms with Crippen LogP contribution in [0.3, 0.4) is 0 Å². The number of aliphatic hydroxyl groups is 2. The lowest BCUT2D eigenvalue weighted by Gasteiger charge is -2.25. The minimum Gasteiger partial charge on any atom is -0.394 e. The van der Waals surface area contributed by atoms with Gasteiger partial charge in [-0.15, -0.1) is 0 Å². The number of nitrogens with zero attached hydrogens (tertiary/aromatic N) is 4. The monoisotopic (exact) mass is 385 g/mol. The van der Waals surface area contributed by atoms with Crippen LogP contribution in [0.25, 0.3) is 11.2 Å². The lowest BCUT2D eigenvalue weighted by atomic mass is 10.1. The van der Waals surface area contributed by atoms with Gasteiger partial charge in [0.2, 0.25) is 5.28 Å². The Morgan fingerprint density at radius 3 is 2.88 bits per heavy atom. The number of anilines is 1. The predicted molar refractivity (Wildman–Crippen MR) is 95.9 cm³/mol. The van der Waals surface area contributed by atoms with E-state index in [2.05, 4.69) is 27.2 Å². The zero-order valence-electron chi connectivity index (χ0n) is 15.0. The van der Waals surface area contributed by atoms with Crippen LogP contribution in [-0.2, 0) is 9.47 Å². The fourth-order valence-corrected chi connectivity index (χ4v) is 3.16. The Labute approximate surface area is 156 Å². The Morgan fingerprint density at radius 1 is 1.46 bits per heavy atom. The molecule has 1 saturated heterocycles. The normalized spacial score (nSPS) is 23.7. The summed E-state index contributed by atoms with van der Waals surface area (Å²) >= 11 is 6.07. The molecule has 26 heavy (non-hydrogen) atoms. The molecule has 3 N–H and O–H groups in total. The van der Waals surface area contributed by atoms with Gasteiger partial charge >= 0.3 is 0 Å². The summed E-state index contributed by atoms with van der Waals surface area (Å²) in [4.78, 5) is 12.9. The number of hydrogen-bond acceptors (Lipinski definition) is 8. The maximum absolute atomic E-state index is 9.91. The van der Waals surface area contributed by atoms with Crippen molar-refractivity contribution in [2.45, 2.75) is 57.8 Å². The summed E-state index contributed by atoms with van der Waals surface area (Å²) in [6.45, 7) is 5.65. The largest absolute Gasteiger partial charge is 0.394 e. The molecule has 3 heterocycles. The highest BCUT2D eigenvalue weighted by Gasteiger charge is 2.40. The molecule has 0 unspecified atom stereocenters. The van der Waals surface area contributed by atoms with Gasteiger partial charge in [-0.05, 0) is 31.9 Å². The second-order valence-corrected chi connectivity index (χ2v) is 7.08. The Balaban J connectivity index is 1.90. The van der Waals surface area contributed by atoms with Crippen molar-refractivity contribution in [2.24, 2.45) is 0 Å². The van der Waals surface area contributed by atoms with Crippen LogP contribution in [-0.4, -0.2) is 60.9 Å². The fraction of sp³-hybridized carbons (Fsp3) is 0.688. The summed E-state index contributed by atoms with van der Waals surface area (Å²) in [5.74, 6) is -0.752. The highest BCUT2D eigenvalue weighted by molar-refractivity contribution is 6.28. The van der Waals surface area contributed by atoms with Crippen LogP contribution in [0.2, 0.25) is 5.28 Å². The molecule has 1 aliphatic heterocycles. The lowest BCUT2D eigenvalue weighted by Crippen LogP contribution is -2.36. The quantitative estimate of drug-likeness (QED) is 0.487. The van der Waals surface area contributed by atoms with Gasteiger partial charge in [-0.25, -0.2) is 4.98 Å². The first-order valence-corrected chi connectivity index (χ1v) is 9.00. The first-order valence-electron chi connectivity index (χ1n) is 8.63. The zero-order valence-corrected chi connectivity index (χ0v) is 15.8. The van der Waals surface area contributed by atoms with Crippen molar-refractivity contribution < 1.29 is 19.7 Å². The van der Waals surface area contributed by atoms with E-state index in [1.165, 1.54) is 0 Å². The summed E-state index contributed by atoms with van der Waals surface area (Å²) in [5.41, 5.74) is 1.13. The smallest absolute Gasteiger partial charge is 0.226 e. The molecule has 1 fully saturated rings. The van der Waals surface area contributed by atoms with Crippen molar-refractivity contribution in [3.8, 4) is 0 Å². The van der Waals surface area contributed by atoms with Crippen LogP contribution < -0.4 is 5.32 Å². The number of aromatic nitrogens is 4. The summed E-state index contributed by atoms with van der Waals surface area (Å²) < 4.78 is 13.3. The average molecular weight is 386 g/mol. The van der Waals surface area contributed by atoms with Crippen molar-refractivity contribution in [3.63, 3.8) is 0 Å². The van der Waals surface area contributed by atoms with E-state index in [0.29, 0.717) is 23.4 Å². The van der Waals surface area contributed by atoms with E-state index in [1.54, 1.807) is 24.7 Å². The molecule has 0 aliphatic carbocycles. The Hall–Kier alpha value is -1.52. The first-order chi connectivity index (χ1) is 12.3. The molecule has 0 bridgehead atoms. The molecule has 0 spiro atoms. The minimum absolute atomic E-state index is 0.110. The van der Waals surface area contributed by atoms with E-state index >= 15 is 0 Å². The van der Waals surface area contributed by atoms with Gasteiger partial charge in [0.15, 0.2) is 22.8 Å². The third kappa shape index (κ3) is 4.07. The number of nitrogens with one attached hydrogen (secondary N) is 1. The average Bonchev–Trinajstić information content (AvgIpc) is 3.14. The third-order valence-electron chi connectivity index (χ3n) is 4.05. The number of rotatable bonds is 7. The number of fused-ring (bicyclic) bond motifs is 1. The molecule has 2 aromatic rings. The Kier molecular flexibility index (Phi) is 5.64. The van der Waals surface area contributed by atoms with Gasteiger partial charge in [0, 0.05) is 13.0 Å². The molecule has 0 saturated carbocycles. The van der Waals surface area contributed by atoms with Crippen LogP contribution >= 0.6 is 11.6 Å². The van der Waals surface area contributed by atoms with E-state index in [9.17, 15) is 10.2 Å². The summed E-state index contributed by atoms with van der Waals surface area (Å²) in [6.07, 6.45) is 1.51. The van der Waals surface area contributed by atoms with Gasteiger partial charge in [-0.1, -0.05) is 6.92 Å². The number of hydrogen-bond donors (Lipinski definition) is 3. The maximum Gasteiger partial charge on any atom is 0.226 e. The first kappa shape index (κ1) is 19.2. The second-order valence-electron chi connectivity index (χ2n) is 6.74. The lowest BCUT2D eigenvalue weighted by molar-refractivity contribution is -0.216. The van der Waals surface area contributed by atoms with Crippen molar-refractivity contribution in [3.05, 3.63) is 11.6 Å². The van der Waals surface area contributed by atoms with Crippen molar-refractivity contribution in [1.82, 2.24) is 19.5 Å². The molecule has 0 aromatic carbocycles. The van der Waals surface area contributed by atoms with Gasteiger partial charge in [-0.2, -0.15) is 9.97 Å². The summed E-state index contributed by atoms with van der Waals surface area (Å²) in [7, 11) is 0. The van der Waals surface area contributed by atoms with Gasteiger partial charge in [0.25, 0.3) is 0 Å². The van der Waals surface area contributed by atoms with Crippen LogP contribution in [0.5, 0.6) is 0 Å². The van der Waals surface area contributed by atoms with Crippen LogP contribution in [0.1, 0.15) is 39.8 Å². The number of aliphatic hydroxyl groups excluding tert-OH is 1. The summed E-state index contributed by atoms with van der Waals surface area (Å²) in [5, 5.41) is 22.8. The second kappa shape index (κ2) is 7.61. The van der Waals surface area contributed by atoms with Crippen molar-refractivity contribution in [1.29, 1.82) is 0 Å². The topological polar surface area (TPSA) is 115 Å². The van der Waals surface area contributed by atoms with Crippen molar-refractivity contribution in [2.75, 3.05) is 18.5 Å². The molecule has 9 nitrogen and oxygen atoms in total. The number of imidazole rings is 1. The molecule has 3 atom stereocenters. The number of ether oxygens (including phenoxy) is 2. The summed E-state index contributed by atoms with van der Waals surface area (Å²) in [6, 6.07) is 0. The van der Waals surface area contributed by atoms with E-state index in [0.717, 1.165) is 13.0 Å². The van der Waals surface area contributed by atoms with E-state index in [4.69, 9.17) is 21.1 Å². The molecule has 3 rings (SSSR count). The third-order valence-corrected chi connectivity index (χ3v) is 4.22. The molecule has 10 heteroatoms. The van der Waals surface area contributed by atoms with Gasteiger partial charge in [-0.3, -0.25) is 4.57 Å². The van der Waals surface area contributed by atoms with E-state index in [1.807, 2.05) is 0 Å². The molecule has 0 radical (unpaired) electrons. The Morgan fingerprint density at radius 2 is 2.23 bits per heavy atom. The molecular weight excluding hydrogens is 362 g/mol. The maximum atomic E-state index is 9.91. The highest BCUT2D eigenvalue weighted by atomic mass is 35.5. The fourth-order valence-electron chi connectivity index (χ4n) is 3.00. The zero-order chi connectivity index (χ0) is 18.9. The SMILES string of the molecule is CCCNc1nc(Cl)nc2c1ncn2[C@H]1C[C@H](OC(C)(C)O)[C@@H](CO)O1. The molecule has 0 amide bonds. The van der Waals surface area contributed by atoms with Gasteiger partial charge in [0.1, 0.15) is 12.3 Å².